The maximum atomic E-state index is 9.70. The molecule has 4 nitrogen and oxygen atoms in total. The van der Waals surface area contributed by atoms with Crippen molar-refractivity contribution in [2.75, 3.05) is 18.0 Å². The van der Waals surface area contributed by atoms with Gasteiger partial charge in [-0.3, -0.25) is 4.98 Å². The summed E-state index contributed by atoms with van der Waals surface area (Å²) in [6, 6.07) is 4.15. The first-order valence-corrected chi connectivity index (χ1v) is 5.93. The molecule has 1 N–H and O–H groups in total. The fourth-order valence-corrected chi connectivity index (χ4v) is 2.37. The van der Waals surface area contributed by atoms with Crippen LogP contribution in [0.15, 0.2) is 6.07 Å². The quantitative estimate of drug-likeness (QED) is 0.796. The highest BCUT2D eigenvalue weighted by molar-refractivity contribution is 5.61. The van der Waals surface area contributed by atoms with Gasteiger partial charge in [0.25, 0.3) is 0 Å². The summed E-state index contributed by atoms with van der Waals surface area (Å²) in [7, 11) is 0. The minimum atomic E-state index is -0.288. The highest BCUT2D eigenvalue weighted by atomic mass is 16.3. The molecule has 2 heterocycles. The predicted molar refractivity (Wildman–Crippen MR) is 65.9 cm³/mol. The monoisotopic (exact) mass is 231 g/mol. The SMILES string of the molecule is Cc1cc(N2CCC[C@H](O)C2)c(C#N)c(C)n1. The number of hydrogen-bond donors (Lipinski definition) is 1. The predicted octanol–water partition coefficient (Wildman–Crippen LogP) is 1.53. The molecule has 90 valence electrons. The molecule has 0 aromatic carbocycles. The molecule has 1 aliphatic heterocycles. The first kappa shape index (κ1) is 11.9. The Bertz CT molecular complexity index is 464. The first-order chi connectivity index (χ1) is 8.11. The van der Waals surface area contributed by atoms with Crippen LogP contribution in [0.25, 0.3) is 0 Å². The molecule has 0 amide bonds. The van der Waals surface area contributed by atoms with E-state index in [1.165, 1.54) is 0 Å². The van der Waals surface area contributed by atoms with Crippen LogP contribution < -0.4 is 4.90 Å². The minimum absolute atomic E-state index is 0.288. The second-order valence-electron chi connectivity index (χ2n) is 4.60. The van der Waals surface area contributed by atoms with E-state index < -0.39 is 0 Å². The number of aliphatic hydroxyl groups excluding tert-OH is 1. The standard InChI is InChI=1S/C13H17N3O/c1-9-6-13(12(7-14)10(2)15-9)16-5-3-4-11(17)8-16/h6,11,17H,3-5,8H2,1-2H3/t11-/m0/s1. The maximum Gasteiger partial charge on any atom is 0.103 e. The van der Waals surface area contributed by atoms with Gasteiger partial charge < -0.3 is 10.0 Å². The van der Waals surface area contributed by atoms with E-state index in [2.05, 4.69) is 16.0 Å². The van der Waals surface area contributed by atoms with Gasteiger partial charge in [0.2, 0.25) is 0 Å². The smallest absolute Gasteiger partial charge is 0.103 e. The summed E-state index contributed by atoms with van der Waals surface area (Å²) >= 11 is 0. The molecular formula is C13H17N3O. The van der Waals surface area contributed by atoms with Crippen LogP contribution in [0.5, 0.6) is 0 Å². The number of aliphatic hydroxyl groups is 1. The highest BCUT2D eigenvalue weighted by Gasteiger charge is 2.21. The van der Waals surface area contributed by atoms with Crippen LogP contribution in [0, 0.1) is 25.2 Å². The lowest BCUT2D eigenvalue weighted by Crippen LogP contribution is -2.38. The Morgan fingerprint density at radius 2 is 2.29 bits per heavy atom. The molecule has 17 heavy (non-hydrogen) atoms. The second kappa shape index (κ2) is 4.72. The zero-order chi connectivity index (χ0) is 12.4. The van der Waals surface area contributed by atoms with Gasteiger partial charge in [-0.1, -0.05) is 0 Å². The number of nitriles is 1. The Hall–Kier alpha value is -1.60. The van der Waals surface area contributed by atoms with Crippen molar-refractivity contribution in [3.63, 3.8) is 0 Å². The van der Waals surface area contributed by atoms with Crippen LogP contribution >= 0.6 is 0 Å². The fraction of sp³-hybridized carbons (Fsp3) is 0.538. The van der Waals surface area contributed by atoms with Gasteiger partial charge >= 0.3 is 0 Å². The Morgan fingerprint density at radius 3 is 2.94 bits per heavy atom. The van der Waals surface area contributed by atoms with Gasteiger partial charge in [0, 0.05) is 18.8 Å². The maximum absolute atomic E-state index is 9.70. The van der Waals surface area contributed by atoms with Crippen molar-refractivity contribution in [2.45, 2.75) is 32.8 Å². The van der Waals surface area contributed by atoms with Crippen molar-refractivity contribution in [1.29, 1.82) is 5.26 Å². The summed E-state index contributed by atoms with van der Waals surface area (Å²) in [5.74, 6) is 0. The molecule has 1 atom stereocenters. The van der Waals surface area contributed by atoms with Gasteiger partial charge in [0.05, 0.1) is 23.0 Å². The van der Waals surface area contributed by atoms with Gasteiger partial charge in [-0.2, -0.15) is 5.26 Å². The van der Waals surface area contributed by atoms with E-state index in [0.717, 1.165) is 36.5 Å². The molecule has 1 fully saturated rings. The van der Waals surface area contributed by atoms with Crippen LogP contribution in [0.1, 0.15) is 29.8 Å². The van der Waals surface area contributed by atoms with E-state index in [4.69, 9.17) is 0 Å². The zero-order valence-corrected chi connectivity index (χ0v) is 10.3. The fourth-order valence-electron chi connectivity index (χ4n) is 2.37. The molecule has 1 saturated heterocycles. The summed E-state index contributed by atoms with van der Waals surface area (Å²) in [4.78, 5) is 6.40. The average Bonchev–Trinajstić information content (AvgIpc) is 2.28. The van der Waals surface area contributed by atoms with E-state index in [0.29, 0.717) is 12.1 Å². The van der Waals surface area contributed by atoms with Crippen LogP contribution in [-0.2, 0) is 0 Å². The number of anilines is 1. The van der Waals surface area contributed by atoms with E-state index in [-0.39, 0.29) is 6.10 Å². The zero-order valence-electron chi connectivity index (χ0n) is 10.3. The molecule has 4 heteroatoms. The van der Waals surface area contributed by atoms with Crippen molar-refractivity contribution in [3.8, 4) is 6.07 Å². The van der Waals surface area contributed by atoms with Crippen LogP contribution in [-0.4, -0.2) is 29.3 Å². The van der Waals surface area contributed by atoms with Crippen LogP contribution in [0.2, 0.25) is 0 Å². The van der Waals surface area contributed by atoms with Crippen LogP contribution in [0.3, 0.4) is 0 Å². The molecule has 0 spiro atoms. The summed E-state index contributed by atoms with van der Waals surface area (Å²) < 4.78 is 0. The number of rotatable bonds is 1. The summed E-state index contributed by atoms with van der Waals surface area (Å²) in [5, 5.41) is 18.9. The molecule has 0 aliphatic carbocycles. The lowest BCUT2D eigenvalue weighted by Gasteiger charge is -2.32. The number of pyridine rings is 1. The molecule has 1 aromatic heterocycles. The third-order valence-electron chi connectivity index (χ3n) is 3.16. The van der Waals surface area contributed by atoms with Gasteiger partial charge in [-0.25, -0.2) is 0 Å². The Labute approximate surface area is 102 Å². The van der Waals surface area contributed by atoms with Crippen molar-refractivity contribution < 1.29 is 5.11 Å². The average molecular weight is 231 g/mol. The van der Waals surface area contributed by atoms with E-state index in [1.807, 2.05) is 19.9 Å². The van der Waals surface area contributed by atoms with Gasteiger partial charge in [0.1, 0.15) is 6.07 Å². The van der Waals surface area contributed by atoms with E-state index in [9.17, 15) is 10.4 Å². The Balaban J connectivity index is 2.40. The molecule has 0 radical (unpaired) electrons. The molecule has 1 aliphatic rings. The largest absolute Gasteiger partial charge is 0.391 e. The van der Waals surface area contributed by atoms with Crippen molar-refractivity contribution in [2.24, 2.45) is 0 Å². The van der Waals surface area contributed by atoms with Gasteiger partial charge in [-0.15, -0.1) is 0 Å². The Kier molecular flexibility index (Phi) is 3.30. The molecule has 0 bridgehead atoms. The summed E-state index contributed by atoms with van der Waals surface area (Å²) in [5.41, 5.74) is 3.22. The molecule has 0 saturated carbocycles. The van der Waals surface area contributed by atoms with Crippen molar-refractivity contribution in [1.82, 2.24) is 4.98 Å². The minimum Gasteiger partial charge on any atom is -0.391 e. The number of hydrogen-bond acceptors (Lipinski definition) is 4. The molecule has 2 rings (SSSR count). The van der Waals surface area contributed by atoms with E-state index >= 15 is 0 Å². The van der Waals surface area contributed by atoms with E-state index in [1.54, 1.807) is 0 Å². The third-order valence-corrected chi connectivity index (χ3v) is 3.16. The Morgan fingerprint density at radius 1 is 1.53 bits per heavy atom. The summed E-state index contributed by atoms with van der Waals surface area (Å²) in [6.45, 7) is 5.29. The third kappa shape index (κ3) is 2.40. The van der Waals surface area contributed by atoms with Gasteiger partial charge in [-0.05, 0) is 32.8 Å². The lowest BCUT2D eigenvalue weighted by atomic mass is 10.0. The normalized spacial score (nSPS) is 20.1. The van der Waals surface area contributed by atoms with Crippen molar-refractivity contribution >= 4 is 5.69 Å². The first-order valence-electron chi connectivity index (χ1n) is 5.93. The number of nitrogens with zero attached hydrogens (tertiary/aromatic N) is 3. The number of aromatic nitrogens is 1. The number of β-amino-alcohol motifs (C(OH)–C–C–N with tert-alkyl or cyclic N) is 1. The topological polar surface area (TPSA) is 60.1 Å². The van der Waals surface area contributed by atoms with Gasteiger partial charge in [0.15, 0.2) is 0 Å². The number of piperidine rings is 1. The van der Waals surface area contributed by atoms with Crippen molar-refractivity contribution in [3.05, 3.63) is 23.0 Å². The van der Waals surface area contributed by atoms with Crippen LogP contribution in [0.4, 0.5) is 5.69 Å². The summed E-state index contributed by atoms with van der Waals surface area (Å²) in [6.07, 6.45) is 1.53. The highest BCUT2D eigenvalue weighted by Crippen LogP contribution is 2.26. The molecular weight excluding hydrogens is 214 g/mol. The number of aryl methyl sites for hydroxylation is 2. The lowest BCUT2D eigenvalue weighted by molar-refractivity contribution is 0.154. The molecule has 0 unspecified atom stereocenters. The second-order valence-corrected chi connectivity index (χ2v) is 4.60. The molecule has 1 aromatic rings.